The summed E-state index contributed by atoms with van der Waals surface area (Å²) in [5, 5.41) is 0. The number of allylic oxidation sites excluding steroid dienone is 3. The molecule has 0 bridgehead atoms. The third-order valence-electron chi connectivity index (χ3n) is 2.67. The third-order valence-corrected chi connectivity index (χ3v) is 2.67. The lowest BCUT2D eigenvalue weighted by molar-refractivity contribution is -0.104. The molecule has 0 aliphatic heterocycles. The fourth-order valence-electron chi connectivity index (χ4n) is 1.40. The van der Waals surface area contributed by atoms with Crippen molar-refractivity contribution in [2.45, 2.75) is 40.2 Å². The number of carbonyl (C=O) groups is 1. The second-order valence-corrected chi connectivity index (χ2v) is 4.04. The molecule has 0 aliphatic carbocycles. The molecule has 0 aromatic carbocycles. The molecule has 0 heterocycles. The summed E-state index contributed by atoms with van der Waals surface area (Å²) >= 11 is 0. The minimum Gasteiger partial charge on any atom is -0.372 e. The van der Waals surface area contributed by atoms with E-state index in [1.807, 2.05) is 26.1 Å². The van der Waals surface area contributed by atoms with E-state index in [0.717, 1.165) is 24.0 Å². The van der Waals surface area contributed by atoms with Crippen molar-refractivity contribution in [2.75, 3.05) is 7.05 Å². The average molecular weight is 221 g/mol. The molecule has 90 valence electrons. The Labute approximate surface area is 99.3 Å². The van der Waals surface area contributed by atoms with Gasteiger partial charge in [-0.25, -0.2) is 0 Å². The number of carbonyl (C=O) groups excluding carboxylic acids is 1. The molecule has 0 N–H and O–H groups in total. The van der Waals surface area contributed by atoms with E-state index >= 15 is 0 Å². The van der Waals surface area contributed by atoms with Crippen LogP contribution in [0.25, 0.3) is 0 Å². The van der Waals surface area contributed by atoms with E-state index in [0.29, 0.717) is 11.6 Å². The van der Waals surface area contributed by atoms with Crippen molar-refractivity contribution in [3.8, 4) is 0 Å². The molecule has 0 fully saturated rings. The van der Waals surface area contributed by atoms with Crippen LogP contribution in [0.1, 0.15) is 34.1 Å². The van der Waals surface area contributed by atoms with Crippen LogP contribution in [0.4, 0.5) is 0 Å². The normalized spacial score (nSPS) is 12.9. The van der Waals surface area contributed by atoms with Gasteiger partial charge in [0.15, 0.2) is 0 Å². The molecule has 0 aliphatic rings. The van der Waals surface area contributed by atoms with Gasteiger partial charge in [0.05, 0.1) is 0 Å². The van der Waals surface area contributed by atoms with Crippen LogP contribution in [0.5, 0.6) is 0 Å². The van der Waals surface area contributed by atoms with Gasteiger partial charge in [0.25, 0.3) is 0 Å². The second-order valence-electron chi connectivity index (χ2n) is 4.04. The summed E-state index contributed by atoms with van der Waals surface area (Å²) in [6.45, 7) is 12.2. The molecule has 0 saturated heterocycles. The molecule has 0 rings (SSSR count). The summed E-state index contributed by atoms with van der Waals surface area (Å²) in [5.41, 5.74) is 2.55. The first kappa shape index (κ1) is 14.7. The Morgan fingerprint density at radius 1 is 1.44 bits per heavy atom. The zero-order valence-electron chi connectivity index (χ0n) is 11.1. The van der Waals surface area contributed by atoms with Crippen LogP contribution < -0.4 is 0 Å². The van der Waals surface area contributed by atoms with E-state index < -0.39 is 0 Å². The standard InChI is InChI=1S/C14H23NO/c1-7-9-14(13(8-2)10-16)12(5)15(6)11(3)4/h8-11H,5,7H2,1-4,6H3/b13-8-,14-9-. The van der Waals surface area contributed by atoms with Crippen molar-refractivity contribution < 1.29 is 4.79 Å². The van der Waals surface area contributed by atoms with Gasteiger partial charge in [-0.3, -0.25) is 4.79 Å². The van der Waals surface area contributed by atoms with Crippen molar-refractivity contribution in [2.24, 2.45) is 0 Å². The zero-order chi connectivity index (χ0) is 12.7. The summed E-state index contributed by atoms with van der Waals surface area (Å²) in [4.78, 5) is 13.1. The molecule has 0 atom stereocenters. The maximum absolute atomic E-state index is 11.0. The highest BCUT2D eigenvalue weighted by Crippen LogP contribution is 2.21. The van der Waals surface area contributed by atoms with Crippen molar-refractivity contribution in [3.63, 3.8) is 0 Å². The first-order valence-electron chi connectivity index (χ1n) is 5.73. The highest BCUT2D eigenvalue weighted by molar-refractivity contribution is 5.82. The van der Waals surface area contributed by atoms with Gasteiger partial charge in [0.2, 0.25) is 0 Å². The minimum atomic E-state index is 0.373. The fraction of sp³-hybridized carbons (Fsp3) is 0.500. The lowest BCUT2D eigenvalue weighted by Gasteiger charge is -2.27. The Morgan fingerprint density at radius 2 is 2.00 bits per heavy atom. The quantitative estimate of drug-likeness (QED) is 0.389. The van der Waals surface area contributed by atoms with Crippen LogP contribution in [0.3, 0.4) is 0 Å². The molecule has 0 radical (unpaired) electrons. The molecular formula is C14H23NO. The van der Waals surface area contributed by atoms with Gasteiger partial charge < -0.3 is 4.90 Å². The van der Waals surface area contributed by atoms with Gasteiger partial charge in [0, 0.05) is 29.9 Å². The van der Waals surface area contributed by atoms with Crippen molar-refractivity contribution in [3.05, 3.63) is 35.6 Å². The number of likely N-dealkylation sites (N-methyl/N-ethyl adjacent to an activating group) is 1. The van der Waals surface area contributed by atoms with Crippen molar-refractivity contribution >= 4 is 6.29 Å². The van der Waals surface area contributed by atoms with Crippen molar-refractivity contribution in [1.82, 2.24) is 4.90 Å². The summed E-state index contributed by atoms with van der Waals surface area (Å²) in [6, 6.07) is 0.373. The first-order chi connectivity index (χ1) is 7.49. The molecule has 0 amide bonds. The van der Waals surface area contributed by atoms with Crippen LogP contribution in [0, 0.1) is 0 Å². The minimum absolute atomic E-state index is 0.373. The van der Waals surface area contributed by atoms with Crippen LogP contribution in [0.2, 0.25) is 0 Å². The van der Waals surface area contributed by atoms with E-state index in [1.165, 1.54) is 0 Å². The molecule has 0 aromatic heterocycles. The highest BCUT2D eigenvalue weighted by Gasteiger charge is 2.13. The summed E-state index contributed by atoms with van der Waals surface area (Å²) in [5.74, 6) is 0. The average Bonchev–Trinajstić information content (AvgIpc) is 2.27. The van der Waals surface area contributed by atoms with Crippen LogP contribution in [-0.4, -0.2) is 24.3 Å². The highest BCUT2D eigenvalue weighted by atomic mass is 16.1. The molecule has 0 unspecified atom stereocenters. The van der Waals surface area contributed by atoms with Gasteiger partial charge in [-0.1, -0.05) is 25.7 Å². The summed E-state index contributed by atoms with van der Waals surface area (Å²) in [6.07, 6.45) is 5.66. The molecule has 2 heteroatoms. The lowest BCUT2D eigenvalue weighted by Crippen LogP contribution is -2.26. The van der Waals surface area contributed by atoms with Crippen LogP contribution in [0.15, 0.2) is 35.6 Å². The number of hydrogen-bond acceptors (Lipinski definition) is 2. The third kappa shape index (κ3) is 3.69. The molecule has 16 heavy (non-hydrogen) atoms. The first-order valence-corrected chi connectivity index (χ1v) is 5.73. The van der Waals surface area contributed by atoms with Gasteiger partial charge in [0.1, 0.15) is 6.29 Å². The topological polar surface area (TPSA) is 20.3 Å². The van der Waals surface area contributed by atoms with Gasteiger partial charge in [-0.2, -0.15) is 0 Å². The van der Waals surface area contributed by atoms with E-state index in [2.05, 4.69) is 32.3 Å². The Morgan fingerprint density at radius 3 is 2.31 bits per heavy atom. The number of hydrogen-bond donors (Lipinski definition) is 0. The predicted molar refractivity (Wildman–Crippen MR) is 70.2 cm³/mol. The van der Waals surface area contributed by atoms with E-state index in [9.17, 15) is 4.79 Å². The zero-order valence-corrected chi connectivity index (χ0v) is 11.1. The fourth-order valence-corrected chi connectivity index (χ4v) is 1.40. The maximum atomic E-state index is 11.0. The molecule has 2 nitrogen and oxygen atoms in total. The SMILES string of the molecule is C=C(C(=C/CC)/C(C=O)=C\C)N(C)C(C)C. The number of aldehydes is 1. The lowest BCUT2D eigenvalue weighted by atomic mass is 10.0. The second kappa shape index (κ2) is 7.04. The summed E-state index contributed by atoms with van der Waals surface area (Å²) in [7, 11) is 1.99. The smallest absolute Gasteiger partial charge is 0.150 e. The molecule has 0 spiro atoms. The van der Waals surface area contributed by atoms with E-state index in [1.54, 1.807) is 0 Å². The van der Waals surface area contributed by atoms with Crippen LogP contribution >= 0.6 is 0 Å². The maximum Gasteiger partial charge on any atom is 0.150 e. The van der Waals surface area contributed by atoms with Gasteiger partial charge >= 0.3 is 0 Å². The van der Waals surface area contributed by atoms with E-state index in [4.69, 9.17) is 0 Å². The predicted octanol–water partition coefficient (Wildman–Crippen LogP) is 3.32. The Bertz CT molecular complexity index is 311. The Kier molecular flexibility index (Phi) is 6.47. The van der Waals surface area contributed by atoms with Crippen LogP contribution in [-0.2, 0) is 4.79 Å². The van der Waals surface area contributed by atoms with Gasteiger partial charge in [-0.05, 0) is 27.2 Å². The van der Waals surface area contributed by atoms with E-state index in [-0.39, 0.29) is 0 Å². The number of rotatable bonds is 6. The van der Waals surface area contributed by atoms with Gasteiger partial charge in [-0.15, -0.1) is 0 Å². The summed E-state index contributed by atoms with van der Waals surface area (Å²) < 4.78 is 0. The van der Waals surface area contributed by atoms with Crippen molar-refractivity contribution in [1.29, 1.82) is 0 Å². The Hall–Kier alpha value is -1.31. The molecule has 0 saturated carbocycles. The Balaban J connectivity index is 5.17. The molecular weight excluding hydrogens is 198 g/mol. The largest absolute Gasteiger partial charge is 0.372 e. The monoisotopic (exact) mass is 221 g/mol. The molecule has 0 aromatic rings. The number of nitrogens with zero attached hydrogens (tertiary/aromatic N) is 1.